The summed E-state index contributed by atoms with van der Waals surface area (Å²) in [6, 6.07) is 22.4. The number of nitrogens with one attached hydrogen (secondary N) is 3. The zero-order valence-corrected chi connectivity index (χ0v) is 37.1. The zero-order chi connectivity index (χ0) is 44.9. The van der Waals surface area contributed by atoms with Gasteiger partial charge in [-0.2, -0.15) is 0 Å². The van der Waals surface area contributed by atoms with Crippen LogP contribution in [-0.2, 0) is 42.8 Å². The summed E-state index contributed by atoms with van der Waals surface area (Å²) < 4.78 is 39.5. The number of carboxylic acid groups (broad SMARTS) is 1. The van der Waals surface area contributed by atoms with Crippen LogP contribution >= 0.6 is 0 Å². The molecule has 1 atom stereocenters. The van der Waals surface area contributed by atoms with Crippen LogP contribution in [0.5, 0.6) is 5.75 Å². The molecule has 2 amide bonds. The van der Waals surface area contributed by atoms with Crippen molar-refractivity contribution in [2.24, 2.45) is 5.92 Å². The lowest BCUT2D eigenvalue weighted by molar-refractivity contribution is -0.138. The Balaban J connectivity index is 1.10. The SMILES string of the molecule is Cc1ccnc(NCCCC(=O)NCC(=O)N[C@@H](CC(=O)O)c2ccc(-c3ccc(OCCOCCOCCOCCOCCOCCOCCC(C)C)c4ccccc34)cc2)c1. The molecule has 4 aromatic rings. The van der Waals surface area contributed by atoms with Gasteiger partial charge in [0.15, 0.2) is 0 Å². The molecule has 63 heavy (non-hydrogen) atoms. The van der Waals surface area contributed by atoms with Crippen LogP contribution in [0.15, 0.2) is 79.0 Å². The lowest BCUT2D eigenvalue weighted by Crippen LogP contribution is -2.39. The van der Waals surface area contributed by atoms with E-state index in [2.05, 4.69) is 34.8 Å². The molecule has 4 N–H and O–H groups in total. The summed E-state index contributed by atoms with van der Waals surface area (Å²) in [6.45, 7) is 13.2. The van der Waals surface area contributed by atoms with Crippen LogP contribution in [0.3, 0.4) is 0 Å². The van der Waals surface area contributed by atoms with Gasteiger partial charge in [-0.3, -0.25) is 14.4 Å². The van der Waals surface area contributed by atoms with Gasteiger partial charge < -0.3 is 54.2 Å². The maximum absolute atomic E-state index is 12.8. The molecule has 0 saturated carbocycles. The smallest absolute Gasteiger partial charge is 0.305 e. The Kier molecular flexibility index (Phi) is 24.1. The van der Waals surface area contributed by atoms with Crippen molar-refractivity contribution in [3.05, 3.63) is 90.1 Å². The number of pyridine rings is 1. The van der Waals surface area contributed by atoms with Gasteiger partial charge in [0.2, 0.25) is 11.8 Å². The van der Waals surface area contributed by atoms with Gasteiger partial charge >= 0.3 is 5.97 Å². The standard InChI is InChI=1S/C48H66N4O11/c1-36(2)17-20-57-21-22-58-23-24-59-25-26-60-27-28-61-29-30-62-31-32-63-44-15-14-40(41-7-4-5-8-42(41)44)38-10-12-39(13-11-38)43(34-48(55)56)52-47(54)35-51-46(53)9-6-18-49-45-33-37(3)16-19-50-45/h4-5,7-8,10-16,19,33,36,43H,6,9,17-18,20-32,34-35H2,1-3H3,(H,49,50)(H,51,53)(H,52,54)(H,55,56)/t43-/m0/s1. The fraction of sp³-hybridized carbons (Fsp3) is 0.500. The Labute approximate surface area is 371 Å². The Hall–Kier alpha value is -5.16. The van der Waals surface area contributed by atoms with E-state index in [-0.39, 0.29) is 25.3 Å². The van der Waals surface area contributed by atoms with Crippen molar-refractivity contribution in [1.82, 2.24) is 15.6 Å². The van der Waals surface area contributed by atoms with E-state index in [9.17, 15) is 19.5 Å². The van der Waals surface area contributed by atoms with Gasteiger partial charge in [0, 0.05) is 31.2 Å². The summed E-state index contributed by atoms with van der Waals surface area (Å²) in [6.07, 6.45) is 3.24. The van der Waals surface area contributed by atoms with Gasteiger partial charge in [0.1, 0.15) is 18.2 Å². The molecule has 0 saturated heterocycles. The molecule has 1 heterocycles. The minimum Gasteiger partial charge on any atom is -0.491 e. The molecule has 0 aliphatic carbocycles. The number of carbonyl (C=O) groups excluding carboxylic acids is 2. The molecule has 0 spiro atoms. The molecule has 0 fully saturated rings. The third-order valence-electron chi connectivity index (χ3n) is 9.66. The highest BCUT2D eigenvalue weighted by atomic mass is 16.6. The molecule has 0 aliphatic heterocycles. The van der Waals surface area contributed by atoms with Crippen molar-refractivity contribution < 1.29 is 52.6 Å². The van der Waals surface area contributed by atoms with Gasteiger partial charge in [-0.05, 0) is 71.5 Å². The van der Waals surface area contributed by atoms with Gasteiger partial charge in [0.25, 0.3) is 0 Å². The number of nitrogens with zero attached hydrogens (tertiary/aromatic N) is 1. The highest BCUT2D eigenvalue weighted by Gasteiger charge is 2.19. The second-order valence-corrected chi connectivity index (χ2v) is 15.2. The average molecular weight is 875 g/mol. The Bertz CT molecular complexity index is 1930. The molecule has 3 aromatic carbocycles. The number of anilines is 1. The second kappa shape index (κ2) is 30.0. The number of hydrogen-bond donors (Lipinski definition) is 4. The zero-order valence-electron chi connectivity index (χ0n) is 37.1. The van der Waals surface area contributed by atoms with Crippen molar-refractivity contribution in [2.75, 3.05) is 104 Å². The first kappa shape index (κ1) is 50.5. The summed E-state index contributed by atoms with van der Waals surface area (Å²) in [7, 11) is 0. The van der Waals surface area contributed by atoms with Gasteiger partial charge in [-0.1, -0.05) is 68.4 Å². The first-order chi connectivity index (χ1) is 30.7. The molecule has 0 aliphatic rings. The molecule has 4 rings (SSSR count). The van der Waals surface area contributed by atoms with E-state index < -0.39 is 17.9 Å². The monoisotopic (exact) mass is 874 g/mol. The van der Waals surface area contributed by atoms with Crippen molar-refractivity contribution in [1.29, 1.82) is 0 Å². The van der Waals surface area contributed by atoms with E-state index in [4.69, 9.17) is 33.2 Å². The predicted octanol–water partition coefficient (Wildman–Crippen LogP) is 6.38. The normalized spacial score (nSPS) is 11.7. The number of rotatable bonds is 34. The minimum absolute atomic E-state index is 0.224. The molecule has 15 heteroatoms. The van der Waals surface area contributed by atoms with E-state index in [1.165, 1.54) is 0 Å². The molecule has 1 aromatic heterocycles. The van der Waals surface area contributed by atoms with Crippen molar-refractivity contribution >= 4 is 34.4 Å². The second-order valence-electron chi connectivity index (χ2n) is 15.2. The lowest BCUT2D eigenvalue weighted by atomic mass is 9.95. The van der Waals surface area contributed by atoms with Crippen molar-refractivity contribution in [2.45, 2.75) is 52.5 Å². The van der Waals surface area contributed by atoms with Crippen LogP contribution in [0, 0.1) is 12.8 Å². The number of aromatic nitrogens is 1. The quantitative estimate of drug-likeness (QED) is 0.0380. The molecule has 15 nitrogen and oxygen atoms in total. The van der Waals surface area contributed by atoms with Crippen LogP contribution in [-0.4, -0.2) is 127 Å². The third kappa shape index (κ3) is 20.7. The summed E-state index contributed by atoms with van der Waals surface area (Å²) in [5.74, 6) is 0.306. The molecule has 0 unspecified atom stereocenters. The van der Waals surface area contributed by atoms with E-state index in [1.54, 1.807) is 6.20 Å². The summed E-state index contributed by atoms with van der Waals surface area (Å²) >= 11 is 0. The number of benzene rings is 3. The number of aryl methyl sites for hydroxylation is 1. The molecular weight excluding hydrogens is 809 g/mol. The Morgan fingerprint density at radius 2 is 1.27 bits per heavy atom. The average Bonchev–Trinajstić information content (AvgIpc) is 3.27. The van der Waals surface area contributed by atoms with Crippen LogP contribution < -0.4 is 20.7 Å². The summed E-state index contributed by atoms with van der Waals surface area (Å²) in [5.41, 5.74) is 3.60. The number of ether oxygens (including phenoxy) is 7. The van der Waals surface area contributed by atoms with Crippen LogP contribution in [0.1, 0.15) is 56.7 Å². The summed E-state index contributed by atoms with van der Waals surface area (Å²) in [5, 5.41) is 20.1. The molecular formula is C48H66N4O11. The Morgan fingerprint density at radius 3 is 1.86 bits per heavy atom. The molecule has 344 valence electrons. The van der Waals surface area contributed by atoms with Crippen LogP contribution in [0.4, 0.5) is 5.82 Å². The number of carbonyl (C=O) groups is 3. The van der Waals surface area contributed by atoms with Crippen LogP contribution in [0.2, 0.25) is 0 Å². The van der Waals surface area contributed by atoms with E-state index in [1.807, 2.05) is 79.7 Å². The van der Waals surface area contributed by atoms with Crippen molar-refractivity contribution in [3.8, 4) is 16.9 Å². The number of fused-ring (bicyclic) bond motifs is 1. The molecule has 0 radical (unpaired) electrons. The number of amides is 2. The number of carboxylic acids is 1. The van der Waals surface area contributed by atoms with E-state index in [0.29, 0.717) is 104 Å². The predicted molar refractivity (Wildman–Crippen MR) is 242 cm³/mol. The third-order valence-corrected chi connectivity index (χ3v) is 9.66. The van der Waals surface area contributed by atoms with E-state index in [0.717, 1.165) is 52.1 Å². The maximum atomic E-state index is 12.8. The van der Waals surface area contributed by atoms with Crippen molar-refractivity contribution in [3.63, 3.8) is 0 Å². The first-order valence-corrected chi connectivity index (χ1v) is 21.8. The fourth-order valence-electron chi connectivity index (χ4n) is 6.31. The van der Waals surface area contributed by atoms with Crippen LogP contribution in [0.25, 0.3) is 21.9 Å². The molecule has 0 bridgehead atoms. The Morgan fingerprint density at radius 1 is 0.683 bits per heavy atom. The lowest BCUT2D eigenvalue weighted by Gasteiger charge is -2.19. The van der Waals surface area contributed by atoms with Gasteiger partial charge in [-0.25, -0.2) is 4.98 Å². The van der Waals surface area contributed by atoms with Gasteiger partial charge in [0.05, 0.1) is 91.7 Å². The number of aliphatic carboxylic acids is 1. The largest absolute Gasteiger partial charge is 0.491 e. The highest BCUT2D eigenvalue weighted by molar-refractivity contribution is 6.00. The maximum Gasteiger partial charge on any atom is 0.305 e. The van der Waals surface area contributed by atoms with E-state index >= 15 is 0 Å². The van der Waals surface area contributed by atoms with Gasteiger partial charge in [-0.15, -0.1) is 0 Å². The first-order valence-electron chi connectivity index (χ1n) is 21.8. The topological polar surface area (TPSA) is 185 Å². The fourth-order valence-corrected chi connectivity index (χ4v) is 6.31. The summed E-state index contributed by atoms with van der Waals surface area (Å²) in [4.78, 5) is 41.2. The minimum atomic E-state index is -1.06. The number of hydrogen-bond acceptors (Lipinski definition) is 12. The highest BCUT2D eigenvalue weighted by Crippen LogP contribution is 2.35.